The summed E-state index contributed by atoms with van der Waals surface area (Å²) in [6, 6.07) is 9.44. The maximum atomic E-state index is 10.3. The van der Waals surface area contributed by atoms with Crippen LogP contribution in [0, 0.1) is 68.5 Å². The number of rotatable bonds is 6. The Morgan fingerprint density at radius 3 is 0.850 bits per heavy atom. The van der Waals surface area contributed by atoms with E-state index in [-0.39, 0.29) is 69.9 Å². The number of carboxylic acid groups (broad SMARTS) is 3. The van der Waals surface area contributed by atoms with Crippen LogP contribution in [0.1, 0.15) is 31.1 Å². The molecule has 0 spiro atoms. The average Bonchev–Trinajstić information content (AvgIpc) is 2.84. The SMILES string of the molecule is O=C([O-])c1ccc(Cl)c([N+](=O)[O-])c1.O=C([O-])c1ccc(Cl)c([N+](=O)[O-])c1.O=C([O-])c1ccc(Cl)c([N+](=O)[O-])c1.[Dy+3]. The van der Waals surface area contributed by atoms with Crippen molar-refractivity contribution < 1.29 is 82.6 Å². The zero-order chi connectivity index (χ0) is 30.0. The van der Waals surface area contributed by atoms with Gasteiger partial charge in [-0.3, -0.25) is 30.3 Å². The predicted molar refractivity (Wildman–Crippen MR) is 127 cm³/mol. The number of hydrogen-bond donors (Lipinski definition) is 0. The molecule has 0 N–H and O–H groups in total. The first-order chi connectivity index (χ1) is 18.1. The van der Waals surface area contributed by atoms with Crippen LogP contribution in [-0.4, -0.2) is 32.7 Å². The summed E-state index contributed by atoms with van der Waals surface area (Å²) in [5.74, 6) is -4.42. The summed E-state index contributed by atoms with van der Waals surface area (Å²) in [5.41, 5.74) is -2.13. The van der Waals surface area contributed by atoms with Crippen LogP contribution < -0.4 is 15.3 Å². The fraction of sp³-hybridized carbons (Fsp3) is 0. The van der Waals surface area contributed by atoms with Gasteiger partial charge in [0.15, 0.2) is 0 Å². The van der Waals surface area contributed by atoms with Crippen LogP contribution in [0.25, 0.3) is 0 Å². The van der Waals surface area contributed by atoms with Crippen molar-refractivity contribution >= 4 is 69.8 Å². The Hall–Kier alpha value is -3.59. The molecule has 3 aromatic rings. The van der Waals surface area contributed by atoms with Crippen molar-refractivity contribution in [3.63, 3.8) is 0 Å². The Morgan fingerprint density at radius 1 is 0.500 bits per heavy atom. The summed E-state index contributed by atoms with van der Waals surface area (Å²) in [4.78, 5) is 59.6. The molecule has 0 aliphatic rings. The number of carbonyl (C=O) groups is 3. The van der Waals surface area contributed by atoms with Crippen molar-refractivity contribution in [2.24, 2.45) is 0 Å². The Labute approximate surface area is 267 Å². The third-order valence-electron chi connectivity index (χ3n) is 4.14. The molecule has 0 bridgehead atoms. The summed E-state index contributed by atoms with van der Waals surface area (Å²) in [7, 11) is 0. The fourth-order valence-electron chi connectivity index (χ4n) is 2.34. The molecule has 3 aromatic carbocycles. The Bertz CT molecular complexity index is 1310. The maximum Gasteiger partial charge on any atom is 3.00 e. The molecule has 1 radical (unpaired) electrons. The standard InChI is InChI=1S/3C7H4ClNO4.Dy/c3*8-5-2-1-4(7(10)11)3-6(5)9(12)13;/h3*1-3H,(H,10,11);/q;;;+3/p-3. The first-order valence-electron chi connectivity index (χ1n) is 9.52. The van der Waals surface area contributed by atoms with E-state index in [0.29, 0.717) is 0 Å². The van der Waals surface area contributed by atoms with E-state index >= 15 is 0 Å². The molecular formula is C21H9Cl3DyN3O12. The van der Waals surface area contributed by atoms with E-state index in [9.17, 15) is 60.0 Å². The third kappa shape index (κ3) is 10.9. The zero-order valence-corrected chi connectivity index (χ0v) is 23.2. The molecule has 0 amide bonds. The largest absolute Gasteiger partial charge is 3.00 e. The zero-order valence-electron chi connectivity index (χ0n) is 18.9. The molecule has 0 saturated carbocycles. The number of carboxylic acids is 3. The van der Waals surface area contributed by atoms with Gasteiger partial charge in [0.2, 0.25) is 0 Å². The van der Waals surface area contributed by atoms with Gasteiger partial charge in [-0.25, -0.2) is 0 Å². The van der Waals surface area contributed by atoms with Gasteiger partial charge in [-0.05, 0) is 18.2 Å². The number of nitro groups is 3. The van der Waals surface area contributed by atoms with Gasteiger partial charge in [-0.1, -0.05) is 53.0 Å². The van der Waals surface area contributed by atoms with Crippen molar-refractivity contribution in [2.45, 2.75) is 0 Å². The Kier molecular flexibility index (Phi) is 15.0. The van der Waals surface area contributed by atoms with Crippen LogP contribution in [-0.2, 0) is 0 Å². The number of carbonyl (C=O) groups excluding carboxylic acids is 3. The molecule has 40 heavy (non-hydrogen) atoms. The minimum absolute atomic E-state index is 0. The molecule has 0 aliphatic carbocycles. The molecule has 15 nitrogen and oxygen atoms in total. The van der Waals surface area contributed by atoms with Crippen molar-refractivity contribution in [1.82, 2.24) is 0 Å². The number of hydrogen-bond acceptors (Lipinski definition) is 12. The molecule has 211 valence electrons. The minimum Gasteiger partial charge on any atom is -0.545 e. The van der Waals surface area contributed by atoms with Gasteiger partial charge in [0.25, 0.3) is 17.1 Å². The average molecular weight is 764 g/mol. The van der Waals surface area contributed by atoms with Gasteiger partial charge in [-0.2, -0.15) is 0 Å². The van der Waals surface area contributed by atoms with Crippen LogP contribution in [0.3, 0.4) is 0 Å². The summed E-state index contributed by atoms with van der Waals surface area (Å²) >= 11 is 16.3. The summed E-state index contributed by atoms with van der Waals surface area (Å²) in [5, 5.41) is 61.5. The maximum absolute atomic E-state index is 10.3. The van der Waals surface area contributed by atoms with E-state index < -0.39 is 49.7 Å². The number of halogens is 3. The van der Waals surface area contributed by atoms with Gasteiger partial charge < -0.3 is 29.7 Å². The third-order valence-corrected chi connectivity index (χ3v) is 5.09. The number of aromatic carboxylic acids is 3. The van der Waals surface area contributed by atoms with Crippen LogP contribution in [0.5, 0.6) is 0 Å². The summed E-state index contributed by atoms with van der Waals surface area (Å²) < 4.78 is 0. The van der Waals surface area contributed by atoms with Crippen LogP contribution in [0.2, 0.25) is 15.1 Å². The van der Waals surface area contributed by atoms with Crippen molar-refractivity contribution in [1.29, 1.82) is 0 Å². The second kappa shape index (κ2) is 16.5. The van der Waals surface area contributed by atoms with Gasteiger partial charge in [-0.15, -0.1) is 0 Å². The second-order valence-corrected chi connectivity index (χ2v) is 7.85. The topological polar surface area (TPSA) is 250 Å². The molecule has 0 fully saturated rings. The van der Waals surface area contributed by atoms with E-state index in [1.807, 2.05) is 0 Å². The smallest absolute Gasteiger partial charge is 0.545 e. The van der Waals surface area contributed by atoms with Gasteiger partial charge >= 0.3 is 38.2 Å². The van der Waals surface area contributed by atoms with E-state index in [1.165, 1.54) is 0 Å². The van der Waals surface area contributed by atoms with Crippen molar-refractivity contribution in [3.8, 4) is 0 Å². The monoisotopic (exact) mass is 764 g/mol. The molecule has 0 heterocycles. The minimum atomic E-state index is -1.47. The number of nitrogens with zero attached hydrogens (tertiary/aromatic N) is 3. The number of benzene rings is 3. The molecule has 0 aliphatic heterocycles. The summed E-state index contributed by atoms with van der Waals surface area (Å²) in [6.07, 6.45) is 0. The first kappa shape index (κ1) is 36.4. The number of nitro benzene ring substituents is 3. The second-order valence-electron chi connectivity index (χ2n) is 6.63. The van der Waals surface area contributed by atoms with Gasteiger partial charge in [0.1, 0.15) is 15.1 Å². The van der Waals surface area contributed by atoms with Crippen LogP contribution >= 0.6 is 34.8 Å². The van der Waals surface area contributed by atoms with Crippen LogP contribution in [0.4, 0.5) is 17.1 Å². The van der Waals surface area contributed by atoms with E-state index in [4.69, 9.17) is 34.8 Å². The van der Waals surface area contributed by atoms with Crippen molar-refractivity contribution in [3.05, 3.63) is 117 Å². The predicted octanol–water partition coefficient (Wildman–Crippen LogP) is 1.84. The summed E-state index contributed by atoms with van der Waals surface area (Å²) in [6.45, 7) is 0. The molecule has 0 atom stereocenters. The molecule has 0 unspecified atom stereocenters. The van der Waals surface area contributed by atoms with Crippen LogP contribution in [0.15, 0.2) is 54.6 Å². The van der Waals surface area contributed by atoms with Gasteiger partial charge in [0, 0.05) is 34.9 Å². The van der Waals surface area contributed by atoms with E-state index in [2.05, 4.69) is 0 Å². The fourth-order valence-corrected chi connectivity index (χ4v) is 2.90. The molecule has 0 aromatic heterocycles. The Balaban J connectivity index is 0.000000563. The Morgan fingerprint density at radius 2 is 0.700 bits per heavy atom. The molecule has 3 rings (SSSR count). The van der Waals surface area contributed by atoms with Crippen molar-refractivity contribution in [2.75, 3.05) is 0 Å². The molecule has 19 heteroatoms. The van der Waals surface area contributed by atoms with E-state index in [1.54, 1.807) is 0 Å². The van der Waals surface area contributed by atoms with Gasteiger partial charge in [0.05, 0.1) is 32.7 Å². The molecular weight excluding hydrogens is 755 g/mol. The van der Waals surface area contributed by atoms with E-state index in [0.717, 1.165) is 54.6 Å². The normalized spacial score (nSPS) is 9.38. The molecule has 0 saturated heterocycles. The first-order valence-corrected chi connectivity index (χ1v) is 10.7. The quantitative estimate of drug-likeness (QED) is 0.258.